The van der Waals surface area contributed by atoms with E-state index in [1.165, 1.54) is 29.5 Å². The number of nitrogens with one attached hydrogen (secondary N) is 1. The first kappa shape index (κ1) is 17.2. The molecule has 0 aliphatic heterocycles. The van der Waals surface area contributed by atoms with Crippen molar-refractivity contribution in [2.75, 3.05) is 5.32 Å². The van der Waals surface area contributed by atoms with Crippen molar-refractivity contribution in [2.24, 2.45) is 0 Å². The van der Waals surface area contributed by atoms with E-state index >= 15 is 0 Å². The largest absolute Gasteiger partial charge is 0.322 e. The Morgan fingerprint density at radius 2 is 1.70 bits per heavy atom. The van der Waals surface area contributed by atoms with Crippen molar-refractivity contribution in [3.05, 3.63) is 66.5 Å². The second-order valence-electron chi connectivity index (χ2n) is 4.57. The van der Waals surface area contributed by atoms with Crippen molar-refractivity contribution >= 4 is 39.9 Å². The van der Waals surface area contributed by atoms with E-state index in [1.54, 1.807) is 0 Å². The van der Waals surface area contributed by atoms with Crippen LogP contribution in [0.2, 0.25) is 0 Å². The smallest absolute Gasteiger partial charge is 0.276 e. The molecule has 0 radical (unpaired) electrons. The number of hydrogen-bond acceptors (Lipinski definition) is 3. The highest BCUT2D eigenvalue weighted by Gasteiger charge is 2.20. The Labute approximate surface area is 141 Å². The lowest BCUT2D eigenvalue weighted by molar-refractivity contribution is -0.385. The number of nitro groups is 1. The highest BCUT2D eigenvalue weighted by molar-refractivity contribution is 14.1. The molecule has 0 aliphatic rings. The van der Waals surface area contributed by atoms with Gasteiger partial charge in [0, 0.05) is 17.3 Å². The number of benzene rings is 2. The summed E-state index contributed by atoms with van der Waals surface area (Å²) in [6.07, 6.45) is 0. The molecule has 23 heavy (non-hydrogen) atoms. The summed E-state index contributed by atoms with van der Waals surface area (Å²) < 4.78 is 40.3. The van der Waals surface area contributed by atoms with E-state index in [-0.39, 0.29) is 20.4 Å². The molecular formula is C14H8F3IN2O3. The molecule has 1 amide bonds. The standard InChI is InChI=1S/C14H8F3IN2O3/c1-6-9(15)2-7(3-12(6)20(22)23)14(21)19-8-4-10(16)13(18)11(17)5-8/h2-5H,1H3,(H,19,21). The number of anilines is 1. The van der Waals surface area contributed by atoms with Gasteiger partial charge in [0.2, 0.25) is 0 Å². The van der Waals surface area contributed by atoms with E-state index in [2.05, 4.69) is 5.32 Å². The molecule has 2 aromatic rings. The van der Waals surface area contributed by atoms with E-state index < -0.39 is 34.0 Å². The van der Waals surface area contributed by atoms with Crippen LogP contribution in [-0.2, 0) is 0 Å². The Balaban J connectivity index is 2.37. The van der Waals surface area contributed by atoms with Crippen LogP contribution in [0.3, 0.4) is 0 Å². The minimum Gasteiger partial charge on any atom is -0.322 e. The van der Waals surface area contributed by atoms with Crippen LogP contribution in [0.5, 0.6) is 0 Å². The fraction of sp³-hybridized carbons (Fsp3) is 0.0714. The van der Waals surface area contributed by atoms with Gasteiger partial charge in [0.1, 0.15) is 17.5 Å². The highest BCUT2D eigenvalue weighted by atomic mass is 127. The zero-order valence-corrected chi connectivity index (χ0v) is 13.7. The zero-order valence-electron chi connectivity index (χ0n) is 11.5. The summed E-state index contributed by atoms with van der Waals surface area (Å²) in [6.45, 7) is 1.21. The minimum absolute atomic E-state index is 0.186. The molecule has 0 bridgehead atoms. The number of amides is 1. The van der Waals surface area contributed by atoms with Crippen LogP contribution < -0.4 is 5.32 Å². The Morgan fingerprint density at radius 3 is 2.22 bits per heavy atom. The molecule has 0 aromatic heterocycles. The minimum atomic E-state index is -0.927. The van der Waals surface area contributed by atoms with Crippen molar-refractivity contribution in [3.63, 3.8) is 0 Å². The van der Waals surface area contributed by atoms with Crippen LogP contribution in [0.15, 0.2) is 24.3 Å². The molecule has 9 heteroatoms. The molecule has 0 atom stereocenters. The summed E-state index contributed by atoms with van der Waals surface area (Å²) in [5.74, 6) is -3.60. The molecule has 0 saturated heterocycles. The number of nitrogens with zero attached hydrogens (tertiary/aromatic N) is 1. The Bertz CT molecular complexity index is 804. The van der Waals surface area contributed by atoms with Gasteiger partial charge in [0.25, 0.3) is 11.6 Å². The van der Waals surface area contributed by atoms with E-state index in [0.29, 0.717) is 0 Å². The van der Waals surface area contributed by atoms with Crippen molar-refractivity contribution in [3.8, 4) is 0 Å². The molecule has 2 aromatic carbocycles. The molecule has 0 spiro atoms. The van der Waals surface area contributed by atoms with Crippen LogP contribution >= 0.6 is 22.6 Å². The fourth-order valence-corrected chi connectivity index (χ4v) is 2.13. The normalized spacial score (nSPS) is 10.5. The first-order valence-corrected chi connectivity index (χ1v) is 7.19. The molecule has 0 fully saturated rings. The molecule has 0 saturated carbocycles. The lowest BCUT2D eigenvalue weighted by Gasteiger charge is -2.08. The van der Waals surface area contributed by atoms with Crippen LogP contribution in [0.4, 0.5) is 24.5 Å². The van der Waals surface area contributed by atoms with Gasteiger partial charge in [-0.1, -0.05) is 0 Å². The average Bonchev–Trinajstić information content (AvgIpc) is 2.46. The average molecular weight is 436 g/mol. The van der Waals surface area contributed by atoms with Gasteiger partial charge in [0.15, 0.2) is 0 Å². The van der Waals surface area contributed by atoms with Gasteiger partial charge in [-0.15, -0.1) is 0 Å². The number of halogens is 4. The molecule has 5 nitrogen and oxygen atoms in total. The zero-order chi connectivity index (χ0) is 17.3. The number of nitro benzene ring substituents is 1. The molecule has 1 N–H and O–H groups in total. The summed E-state index contributed by atoms with van der Waals surface area (Å²) in [7, 11) is 0. The molecule has 2 rings (SSSR count). The van der Waals surface area contributed by atoms with Crippen LogP contribution in [-0.4, -0.2) is 10.8 Å². The van der Waals surface area contributed by atoms with Gasteiger partial charge < -0.3 is 5.32 Å². The van der Waals surface area contributed by atoms with Crippen molar-refractivity contribution in [1.82, 2.24) is 0 Å². The highest BCUT2D eigenvalue weighted by Crippen LogP contribution is 2.24. The molecule has 0 unspecified atom stereocenters. The molecule has 120 valence electrons. The number of carbonyl (C=O) groups is 1. The summed E-state index contributed by atoms with van der Waals surface area (Å²) in [6, 6.07) is 3.49. The van der Waals surface area contributed by atoms with Crippen molar-refractivity contribution < 1.29 is 22.9 Å². The van der Waals surface area contributed by atoms with Gasteiger partial charge in [-0.05, 0) is 47.7 Å². The third-order valence-electron chi connectivity index (χ3n) is 3.02. The Kier molecular flexibility index (Phi) is 4.88. The number of hydrogen-bond donors (Lipinski definition) is 1. The van der Waals surface area contributed by atoms with Crippen LogP contribution in [0, 0.1) is 38.1 Å². The maximum Gasteiger partial charge on any atom is 0.276 e. The van der Waals surface area contributed by atoms with Crippen molar-refractivity contribution in [2.45, 2.75) is 6.92 Å². The fourth-order valence-electron chi connectivity index (χ4n) is 1.82. The summed E-state index contributed by atoms with van der Waals surface area (Å²) in [5.41, 5.74) is -1.29. The van der Waals surface area contributed by atoms with Gasteiger partial charge in [0.05, 0.1) is 14.1 Å². The van der Waals surface area contributed by atoms with Gasteiger partial charge in [-0.25, -0.2) is 13.2 Å². The lowest BCUT2D eigenvalue weighted by atomic mass is 10.1. The SMILES string of the molecule is Cc1c(F)cc(C(=O)Nc2cc(F)c(I)c(F)c2)cc1[N+](=O)[O-]. The Hall–Kier alpha value is -2.17. The Morgan fingerprint density at radius 1 is 1.13 bits per heavy atom. The van der Waals surface area contributed by atoms with E-state index in [0.717, 1.165) is 24.3 Å². The maximum atomic E-state index is 13.7. The van der Waals surface area contributed by atoms with Gasteiger partial charge >= 0.3 is 0 Å². The van der Waals surface area contributed by atoms with Gasteiger partial charge in [-0.3, -0.25) is 14.9 Å². The third-order valence-corrected chi connectivity index (χ3v) is 4.05. The first-order valence-electron chi connectivity index (χ1n) is 6.11. The maximum absolute atomic E-state index is 13.7. The topological polar surface area (TPSA) is 72.2 Å². The summed E-state index contributed by atoms with van der Waals surface area (Å²) in [5, 5.41) is 13.0. The first-order chi connectivity index (χ1) is 10.7. The van der Waals surface area contributed by atoms with E-state index in [1.807, 2.05) is 0 Å². The van der Waals surface area contributed by atoms with Crippen LogP contribution in [0.1, 0.15) is 15.9 Å². The predicted octanol–water partition coefficient (Wildman–Crippen LogP) is 4.18. The summed E-state index contributed by atoms with van der Waals surface area (Å²) >= 11 is 1.46. The van der Waals surface area contributed by atoms with E-state index in [4.69, 9.17) is 0 Å². The second-order valence-corrected chi connectivity index (χ2v) is 5.65. The van der Waals surface area contributed by atoms with Gasteiger partial charge in [-0.2, -0.15) is 0 Å². The number of carbonyl (C=O) groups excluding carboxylic acids is 1. The molecular weight excluding hydrogens is 428 g/mol. The third kappa shape index (κ3) is 3.60. The second kappa shape index (κ2) is 6.52. The molecule has 0 heterocycles. The van der Waals surface area contributed by atoms with Crippen molar-refractivity contribution in [1.29, 1.82) is 0 Å². The summed E-state index contributed by atoms with van der Waals surface area (Å²) in [4.78, 5) is 22.0. The monoisotopic (exact) mass is 436 g/mol. The number of rotatable bonds is 3. The predicted molar refractivity (Wildman–Crippen MR) is 84.8 cm³/mol. The quantitative estimate of drug-likeness (QED) is 0.340. The lowest BCUT2D eigenvalue weighted by Crippen LogP contribution is -2.14. The van der Waals surface area contributed by atoms with E-state index in [9.17, 15) is 28.1 Å². The molecule has 0 aliphatic carbocycles. The van der Waals surface area contributed by atoms with Crippen LogP contribution in [0.25, 0.3) is 0 Å².